The fraction of sp³-hybridized carbons (Fsp3) is 0.200. The predicted molar refractivity (Wildman–Crippen MR) is 74.0 cm³/mol. The molecule has 0 saturated heterocycles. The second-order valence-corrected chi connectivity index (χ2v) is 4.47. The minimum atomic E-state index is -0.487. The van der Waals surface area contributed by atoms with Gasteiger partial charge in [-0.3, -0.25) is 9.59 Å². The maximum absolute atomic E-state index is 13.6. The van der Waals surface area contributed by atoms with E-state index in [0.717, 1.165) is 0 Å². The molecule has 110 valence electrons. The molecule has 0 aliphatic heterocycles. The Kier molecular flexibility index (Phi) is 4.71. The standard InChI is InChI=1S/C15H15FN2O3/c1-10(11-5-2-3-6-12(11)16)18-14(19)9-17-15(20)13-7-4-8-21-13/h2-8,10H,9H2,1H3,(H,17,20)(H,18,19)/t10-/m0/s1. The van der Waals surface area contributed by atoms with Crippen molar-refractivity contribution in [3.8, 4) is 0 Å². The van der Waals surface area contributed by atoms with E-state index in [-0.39, 0.29) is 18.1 Å². The van der Waals surface area contributed by atoms with Crippen molar-refractivity contribution < 1.29 is 18.4 Å². The number of amides is 2. The van der Waals surface area contributed by atoms with E-state index in [1.165, 1.54) is 18.4 Å². The second kappa shape index (κ2) is 6.69. The molecular weight excluding hydrogens is 275 g/mol. The number of halogens is 1. The van der Waals surface area contributed by atoms with Gasteiger partial charge in [-0.05, 0) is 25.1 Å². The molecule has 0 unspecified atom stereocenters. The van der Waals surface area contributed by atoms with Gasteiger partial charge in [0.1, 0.15) is 5.82 Å². The summed E-state index contributed by atoms with van der Waals surface area (Å²) in [5, 5.41) is 5.03. The lowest BCUT2D eigenvalue weighted by Crippen LogP contribution is -2.38. The lowest BCUT2D eigenvalue weighted by Gasteiger charge is -2.15. The Hall–Kier alpha value is -2.63. The number of carbonyl (C=O) groups excluding carboxylic acids is 2. The Labute approximate surface area is 121 Å². The van der Waals surface area contributed by atoms with Crippen LogP contribution in [0, 0.1) is 5.82 Å². The molecule has 2 aromatic rings. The summed E-state index contributed by atoms with van der Waals surface area (Å²) in [4.78, 5) is 23.3. The van der Waals surface area contributed by atoms with Crippen molar-refractivity contribution in [2.45, 2.75) is 13.0 Å². The predicted octanol–water partition coefficient (Wildman–Crippen LogP) is 2.03. The number of benzene rings is 1. The molecule has 1 aromatic carbocycles. The highest BCUT2D eigenvalue weighted by molar-refractivity contribution is 5.94. The van der Waals surface area contributed by atoms with E-state index in [4.69, 9.17) is 4.42 Å². The molecule has 0 bridgehead atoms. The Morgan fingerprint density at radius 2 is 2.00 bits per heavy atom. The molecule has 2 rings (SSSR count). The Bertz CT molecular complexity index is 626. The van der Waals surface area contributed by atoms with E-state index < -0.39 is 17.9 Å². The van der Waals surface area contributed by atoms with Gasteiger partial charge in [0.05, 0.1) is 18.8 Å². The van der Waals surface area contributed by atoms with Crippen LogP contribution in [-0.2, 0) is 4.79 Å². The van der Waals surface area contributed by atoms with E-state index in [1.54, 1.807) is 31.2 Å². The molecule has 0 saturated carbocycles. The minimum Gasteiger partial charge on any atom is -0.459 e. The molecule has 2 N–H and O–H groups in total. The molecule has 0 aliphatic carbocycles. The van der Waals surface area contributed by atoms with Crippen LogP contribution in [0.15, 0.2) is 47.1 Å². The normalized spacial score (nSPS) is 11.7. The van der Waals surface area contributed by atoms with Crippen LogP contribution in [0.1, 0.15) is 29.1 Å². The topological polar surface area (TPSA) is 71.3 Å². The third-order valence-electron chi connectivity index (χ3n) is 2.90. The van der Waals surface area contributed by atoms with Crippen molar-refractivity contribution in [1.82, 2.24) is 10.6 Å². The van der Waals surface area contributed by atoms with Crippen molar-refractivity contribution in [1.29, 1.82) is 0 Å². The van der Waals surface area contributed by atoms with Crippen molar-refractivity contribution >= 4 is 11.8 Å². The fourth-order valence-corrected chi connectivity index (χ4v) is 1.85. The van der Waals surface area contributed by atoms with Gasteiger partial charge in [-0.2, -0.15) is 0 Å². The number of hydrogen-bond acceptors (Lipinski definition) is 3. The van der Waals surface area contributed by atoms with Gasteiger partial charge in [0.15, 0.2) is 5.76 Å². The quantitative estimate of drug-likeness (QED) is 0.885. The van der Waals surface area contributed by atoms with Gasteiger partial charge in [-0.15, -0.1) is 0 Å². The molecule has 2 amide bonds. The van der Waals surface area contributed by atoms with Crippen LogP contribution in [0.4, 0.5) is 4.39 Å². The van der Waals surface area contributed by atoms with Gasteiger partial charge >= 0.3 is 0 Å². The van der Waals surface area contributed by atoms with Crippen LogP contribution in [0.25, 0.3) is 0 Å². The Morgan fingerprint density at radius 1 is 1.24 bits per heavy atom. The van der Waals surface area contributed by atoms with Crippen molar-refractivity contribution in [2.75, 3.05) is 6.54 Å². The number of nitrogens with one attached hydrogen (secondary N) is 2. The third-order valence-corrected chi connectivity index (χ3v) is 2.90. The number of hydrogen-bond donors (Lipinski definition) is 2. The van der Waals surface area contributed by atoms with Crippen molar-refractivity contribution in [3.63, 3.8) is 0 Å². The van der Waals surface area contributed by atoms with Crippen LogP contribution in [0.2, 0.25) is 0 Å². The zero-order valence-corrected chi connectivity index (χ0v) is 11.4. The second-order valence-electron chi connectivity index (χ2n) is 4.47. The molecule has 1 aromatic heterocycles. The van der Waals surface area contributed by atoms with E-state index in [2.05, 4.69) is 10.6 Å². The number of rotatable bonds is 5. The van der Waals surface area contributed by atoms with Crippen LogP contribution >= 0.6 is 0 Å². The molecule has 1 atom stereocenters. The lowest BCUT2D eigenvalue weighted by atomic mass is 10.1. The zero-order chi connectivity index (χ0) is 15.2. The maximum atomic E-state index is 13.6. The van der Waals surface area contributed by atoms with Gasteiger partial charge in [-0.25, -0.2) is 4.39 Å². The largest absolute Gasteiger partial charge is 0.459 e. The van der Waals surface area contributed by atoms with Crippen molar-refractivity contribution in [3.05, 3.63) is 59.8 Å². The summed E-state index contributed by atoms with van der Waals surface area (Å²) in [5.41, 5.74) is 0.392. The maximum Gasteiger partial charge on any atom is 0.287 e. The summed E-state index contributed by atoms with van der Waals surface area (Å²) >= 11 is 0. The highest BCUT2D eigenvalue weighted by Crippen LogP contribution is 2.15. The molecule has 5 nitrogen and oxygen atoms in total. The molecule has 0 spiro atoms. The fourth-order valence-electron chi connectivity index (χ4n) is 1.85. The summed E-state index contributed by atoms with van der Waals surface area (Å²) in [7, 11) is 0. The average molecular weight is 290 g/mol. The Balaban J connectivity index is 1.85. The summed E-state index contributed by atoms with van der Waals surface area (Å²) in [6.45, 7) is 1.46. The third kappa shape index (κ3) is 3.92. The zero-order valence-electron chi connectivity index (χ0n) is 11.4. The van der Waals surface area contributed by atoms with Crippen LogP contribution in [-0.4, -0.2) is 18.4 Å². The summed E-state index contributed by atoms with van der Waals surface area (Å²) < 4.78 is 18.5. The summed E-state index contributed by atoms with van der Waals surface area (Å²) in [5.74, 6) is -1.14. The first kappa shape index (κ1) is 14.8. The molecular formula is C15H15FN2O3. The monoisotopic (exact) mass is 290 g/mol. The van der Waals surface area contributed by atoms with E-state index in [1.807, 2.05) is 0 Å². The van der Waals surface area contributed by atoms with Crippen LogP contribution < -0.4 is 10.6 Å². The van der Waals surface area contributed by atoms with Gasteiger partial charge in [-0.1, -0.05) is 18.2 Å². The van der Waals surface area contributed by atoms with Crippen molar-refractivity contribution in [2.24, 2.45) is 0 Å². The molecule has 0 radical (unpaired) electrons. The first-order chi connectivity index (χ1) is 10.1. The summed E-state index contributed by atoms with van der Waals surface area (Å²) in [6.07, 6.45) is 1.37. The molecule has 0 aliphatic rings. The first-order valence-electron chi connectivity index (χ1n) is 6.43. The van der Waals surface area contributed by atoms with Crippen LogP contribution in [0.3, 0.4) is 0 Å². The molecule has 0 fully saturated rings. The summed E-state index contributed by atoms with van der Waals surface area (Å²) in [6, 6.07) is 8.79. The number of furan rings is 1. The van der Waals surface area contributed by atoms with Gasteiger partial charge in [0, 0.05) is 5.56 Å². The molecule has 1 heterocycles. The van der Waals surface area contributed by atoms with Crippen LogP contribution in [0.5, 0.6) is 0 Å². The molecule has 6 heteroatoms. The highest BCUT2D eigenvalue weighted by Gasteiger charge is 2.14. The van der Waals surface area contributed by atoms with Gasteiger partial charge in [0.25, 0.3) is 5.91 Å². The Morgan fingerprint density at radius 3 is 2.67 bits per heavy atom. The van der Waals surface area contributed by atoms with E-state index >= 15 is 0 Å². The SMILES string of the molecule is C[C@H](NC(=O)CNC(=O)c1ccco1)c1ccccc1F. The minimum absolute atomic E-state index is 0.130. The smallest absolute Gasteiger partial charge is 0.287 e. The number of carbonyl (C=O) groups is 2. The first-order valence-corrected chi connectivity index (χ1v) is 6.43. The van der Waals surface area contributed by atoms with E-state index in [0.29, 0.717) is 5.56 Å². The average Bonchev–Trinajstić information content (AvgIpc) is 2.99. The lowest BCUT2D eigenvalue weighted by molar-refractivity contribution is -0.120. The molecule has 21 heavy (non-hydrogen) atoms. The highest BCUT2D eigenvalue weighted by atomic mass is 19.1. The van der Waals surface area contributed by atoms with Gasteiger partial charge in [0.2, 0.25) is 5.91 Å². The van der Waals surface area contributed by atoms with E-state index in [9.17, 15) is 14.0 Å². The van der Waals surface area contributed by atoms with Gasteiger partial charge < -0.3 is 15.1 Å².